The number of carbonyl (C=O) groups excluding carboxylic acids is 3. The van der Waals surface area contributed by atoms with E-state index < -0.39 is 29.5 Å². The van der Waals surface area contributed by atoms with E-state index in [1.807, 2.05) is 0 Å². The number of carbonyl (C=O) groups is 3. The molecule has 0 atom stereocenters. The molecule has 2 N–H and O–H groups in total. The third-order valence-electron chi connectivity index (χ3n) is 6.51. The van der Waals surface area contributed by atoms with Crippen molar-refractivity contribution >= 4 is 35.2 Å². The van der Waals surface area contributed by atoms with Crippen molar-refractivity contribution in [3.05, 3.63) is 52.2 Å². The Morgan fingerprint density at radius 3 is 2.37 bits per heavy atom. The normalized spacial score (nSPS) is 13.9. The highest BCUT2D eigenvalue weighted by Crippen LogP contribution is 2.38. The first-order chi connectivity index (χ1) is 20.1. The predicted octanol–water partition coefficient (Wildman–Crippen LogP) is 4.60. The lowest BCUT2D eigenvalue weighted by molar-refractivity contribution is -0.140. The van der Waals surface area contributed by atoms with Crippen LogP contribution in [0.3, 0.4) is 0 Å². The van der Waals surface area contributed by atoms with E-state index in [0.29, 0.717) is 13.1 Å². The summed E-state index contributed by atoms with van der Waals surface area (Å²) in [5, 5.41) is 8.37. The number of anilines is 1. The van der Waals surface area contributed by atoms with Gasteiger partial charge in [0.05, 0.1) is 40.2 Å². The van der Waals surface area contributed by atoms with Crippen LogP contribution in [0.2, 0.25) is 5.02 Å². The minimum Gasteiger partial charge on any atom is -0.444 e. The standard InChI is InChI=1S/C28H29ClF3N7O4/c1-6-7-19-21(22(36-35-19)28(30,31)32)20-15-33-23(37(20)5)24(40)34-16-8-9-17(18(29)14-16)25(41)38-10-12-39(13-11-38)26(42)43-27(2,3)4/h1,8-9,14-15H,7,10-13H2,2-5H3,(H,34,40)(H,35,36). The quantitative estimate of drug-likeness (QED) is 0.402. The van der Waals surface area contributed by atoms with Crippen molar-refractivity contribution in [1.82, 2.24) is 29.5 Å². The van der Waals surface area contributed by atoms with Gasteiger partial charge in [0.1, 0.15) is 5.60 Å². The van der Waals surface area contributed by atoms with Crippen molar-refractivity contribution in [2.75, 3.05) is 31.5 Å². The molecule has 0 aliphatic carbocycles. The first kappa shape index (κ1) is 31.4. The zero-order valence-corrected chi connectivity index (χ0v) is 24.6. The molecule has 0 radical (unpaired) electrons. The number of aromatic amines is 1. The molecule has 4 rings (SSSR count). The lowest BCUT2D eigenvalue weighted by atomic mass is 10.1. The molecular weight excluding hydrogens is 591 g/mol. The van der Waals surface area contributed by atoms with Crippen LogP contribution in [0.25, 0.3) is 11.3 Å². The number of amides is 3. The molecule has 228 valence electrons. The molecule has 0 spiro atoms. The maximum absolute atomic E-state index is 13.6. The molecule has 0 unspecified atom stereocenters. The fraction of sp³-hybridized carbons (Fsp3) is 0.393. The molecule has 3 amide bonds. The van der Waals surface area contributed by atoms with E-state index >= 15 is 0 Å². The van der Waals surface area contributed by atoms with E-state index in [9.17, 15) is 27.6 Å². The molecule has 1 aliphatic rings. The maximum Gasteiger partial charge on any atom is 0.435 e. The number of halogens is 4. The summed E-state index contributed by atoms with van der Waals surface area (Å²) in [7, 11) is 1.39. The van der Waals surface area contributed by atoms with E-state index in [-0.39, 0.29) is 64.5 Å². The molecule has 11 nitrogen and oxygen atoms in total. The second-order valence-corrected chi connectivity index (χ2v) is 11.1. The van der Waals surface area contributed by atoms with Crippen molar-refractivity contribution in [3.8, 4) is 23.6 Å². The van der Waals surface area contributed by atoms with E-state index in [4.69, 9.17) is 22.8 Å². The summed E-state index contributed by atoms with van der Waals surface area (Å²) >= 11 is 6.40. The van der Waals surface area contributed by atoms with Crippen molar-refractivity contribution in [2.45, 2.75) is 39.0 Å². The van der Waals surface area contributed by atoms with Gasteiger partial charge in [-0.05, 0) is 39.0 Å². The van der Waals surface area contributed by atoms with Gasteiger partial charge >= 0.3 is 12.3 Å². The number of terminal acetylenes is 1. The molecule has 2 aromatic heterocycles. The predicted molar refractivity (Wildman–Crippen MR) is 151 cm³/mol. The average Bonchev–Trinajstić information content (AvgIpc) is 3.50. The number of nitrogens with one attached hydrogen (secondary N) is 2. The lowest BCUT2D eigenvalue weighted by Crippen LogP contribution is -2.51. The fourth-order valence-corrected chi connectivity index (χ4v) is 4.75. The van der Waals surface area contributed by atoms with Gasteiger partial charge in [0.15, 0.2) is 11.5 Å². The molecule has 1 aliphatic heterocycles. The summed E-state index contributed by atoms with van der Waals surface area (Å²) in [6.45, 7) is 6.49. The minimum absolute atomic E-state index is 0.0118. The Balaban J connectivity index is 1.46. The summed E-state index contributed by atoms with van der Waals surface area (Å²) < 4.78 is 47.4. The third-order valence-corrected chi connectivity index (χ3v) is 6.82. The third kappa shape index (κ3) is 6.94. The minimum atomic E-state index is -4.77. The van der Waals surface area contributed by atoms with Crippen LogP contribution >= 0.6 is 11.6 Å². The summed E-state index contributed by atoms with van der Waals surface area (Å²) in [6.07, 6.45) is 1.07. The van der Waals surface area contributed by atoms with Crippen LogP contribution in [0, 0.1) is 12.3 Å². The van der Waals surface area contributed by atoms with Gasteiger partial charge in [-0.25, -0.2) is 9.78 Å². The Morgan fingerprint density at radius 1 is 1.14 bits per heavy atom. The Bertz CT molecular complexity index is 1590. The zero-order chi connectivity index (χ0) is 31.7. The number of piperazine rings is 1. The van der Waals surface area contributed by atoms with Gasteiger partial charge in [0, 0.05) is 38.9 Å². The van der Waals surface area contributed by atoms with E-state index in [0.717, 1.165) is 6.20 Å². The monoisotopic (exact) mass is 619 g/mol. The number of hydrogen-bond acceptors (Lipinski definition) is 6. The van der Waals surface area contributed by atoms with Crippen LogP contribution in [-0.4, -0.2) is 79.2 Å². The lowest BCUT2D eigenvalue weighted by Gasteiger charge is -2.35. The molecule has 43 heavy (non-hydrogen) atoms. The number of benzene rings is 1. The van der Waals surface area contributed by atoms with Gasteiger partial charge in [-0.15, -0.1) is 12.3 Å². The first-order valence-electron chi connectivity index (χ1n) is 13.1. The summed E-state index contributed by atoms with van der Waals surface area (Å²) in [6, 6.07) is 4.31. The highest BCUT2D eigenvalue weighted by atomic mass is 35.5. The van der Waals surface area contributed by atoms with Crippen molar-refractivity contribution in [1.29, 1.82) is 0 Å². The van der Waals surface area contributed by atoms with Crippen molar-refractivity contribution in [2.24, 2.45) is 7.05 Å². The first-order valence-corrected chi connectivity index (χ1v) is 13.5. The van der Waals surface area contributed by atoms with Crippen LogP contribution < -0.4 is 5.32 Å². The molecule has 3 heterocycles. The second-order valence-electron chi connectivity index (χ2n) is 10.7. The highest BCUT2D eigenvalue weighted by molar-refractivity contribution is 6.34. The molecule has 1 saturated heterocycles. The highest BCUT2D eigenvalue weighted by Gasteiger charge is 2.39. The Kier molecular flexibility index (Phi) is 8.77. The molecule has 1 fully saturated rings. The molecule has 3 aromatic rings. The van der Waals surface area contributed by atoms with Crippen LogP contribution in [0.5, 0.6) is 0 Å². The fourth-order valence-electron chi connectivity index (χ4n) is 4.48. The Labute approximate surface area is 250 Å². The van der Waals surface area contributed by atoms with Gasteiger partial charge in [-0.1, -0.05) is 11.6 Å². The smallest absolute Gasteiger partial charge is 0.435 e. The van der Waals surface area contributed by atoms with Crippen LogP contribution in [-0.2, 0) is 24.4 Å². The number of alkyl halides is 3. The molecule has 0 bridgehead atoms. The number of imidazole rings is 1. The summed E-state index contributed by atoms with van der Waals surface area (Å²) in [5.41, 5.74) is -1.62. The van der Waals surface area contributed by atoms with E-state index in [2.05, 4.69) is 26.4 Å². The van der Waals surface area contributed by atoms with Crippen LogP contribution in [0.1, 0.15) is 53.1 Å². The van der Waals surface area contributed by atoms with E-state index in [1.54, 1.807) is 25.7 Å². The molecule has 1 aromatic carbocycles. The topological polar surface area (TPSA) is 125 Å². The number of hydrogen-bond donors (Lipinski definition) is 2. The van der Waals surface area contributed by atoms with Gasteiger partial charge in [-0.3, -0.25) is 14.7 Å². The molecule has 0 saturated carbocycles. The Morgan fingerprint density at radius 2 is 1.79 bits per heavy atom. The van der Waals surface area contributed by atoms with Gasteiger partial charge in [-0.2, -0.15) is 18.3 Å². The van der Waals surface area contributed by atoms with E-state index in [1.165, 1.54) is 34.7 Å². The molecule has 15 heteroatoms. The largest absolute Gasteiger partial charge is 0.444 e. The number of rotatable bonds is 5. The second kappa shape index (κ2) is 12.0. The summed E-state index contributed by atoms with van der Waals surface area (Å²) in [4.78, 5) is 45.6. The zero-order valence-electron chi connectivity index (χ0n) is 23.8. The number of ether oxygens (including phenoxy) is 1. The average molecular weight is 620 g/mol. The van der Waals surface area contributed by atoms with Gasteiger partial charge in [0.25, 0.3) is 11.8 Å². The van der Waals surface area contributed by atoms with Gasteiger partial charge in [0.2, 0.25) is 0 Å². The SMILES string of the molecule is C#CCc1[nH]nc(C(F)(F)F)c1-c1cnc(C(=O)Nc2ccc(C(=O)N3CCN(C(=O)OC(C)(C)C)CC3)c(Cl)c2)n1C. The van der Waals surface area contributed by atoms with Crippen molar-refractivity contribution < 1.29 is 32.3 Å². The maximum atomic E-state index is 13.6. The van der Waals surface area contributed by atoms with Gasteiger partial charge < -0.3 is 24.4 Å². The number of aromatic nitrogens is 4. The van der Waals surface area contributed by atoms with Crippen LogP contribution in [0.4, 0.5) is 23.7 Å². The van der Waals surface area contributed by atoms with Crippen molar-refractivity contribution in [3.63, 3.8) is 0 Å². The Hall–Kier alpha value is -4.51. The molecular formula is C28H29ClF3N7O4. The number of H-pyrrole nitrogens is 1. The summed E-state index contributed by atoms with van der Waals surface area (Å²) in [5.74, 6) is 1.03. The number of nitrogens with zero attached hydrogens (tertiary/aromatic N) is 5. The van der Waals surface area contributed by atoms with Crippen LogP contribution in [0.15, 0.2) is 24.4 Å².